The number of amides is 2. The molecule has 0 fully saturated rings. The molecule has 6 heteroatoms. The molecule has 2 aromatic carbocycles. The highest BCUT2D eigenvalue weighted by Gasteiger charge is 2.26. The molecule has 0 aliphatic carbocycles. The SMILES string of the molecule is CC(C)NC(=O)C1COc2ccc(NC(=O)c3cccc(Cl)c3)cc2C1. The third-order valence-corrected chi connectivity index (χ3v) is 4.35. The molecule has 1 unspecified atom stereocenters. The molecule has 5 nitrogen and oxygen atoms in total. The second-order valence-corrected chi connectivity index (χ2v) is 7.10. The minimum Gasteiger partial charge on any atom is -0.492 e. The first-order valence-electron chi connectivity index (χ1n) is 8.55. The number of benzene rings is 2. The number of hydrogen-bond donors (Lipinski definition) is 2. The van der Waals surface area contributed by atoms with Gasteiger partial charge >= 0.3 is 0 Å². The van der Waals surface area contributed by atoms with Crippen molar-refractivity contribution in [2.24, 2.45) is 5.92 Å². The van der Waals surface area contributed by atoms with Gasteiger partial charge in [0.25, 0.3) is 5.91 Å². The van der Waals surface area contributed by atoms with Gasteiger partial charge in [0.15, 0.2) is 0 Å². The van der Waals surface area contributed by atoms with Crippen LogP contribution in [0.5, 0.6) is 5.75 Å². The van der Waals surface area contributed by atoms with E-state index in [0.29, 0.717) is 29.3 Å². The van der Waals surface area contributed by atoms with Crippen molar-refractivity contribution in [3.8, 4) is 5.75 Å². The molecule has 1 aliphatic rings. The smallest absolute Gasteiger partial charge is 0.255 e. The minimum atomic E-state index is -0.238. The standard InChI is InChI=1S/C20H21ClN2O3/c1-12(2)22-20(25)15-8-14-10-17(6-7-18(14)26-11-15)23-19(24)13-4-3-5-16(21)9-13/h3-7,9-10,12,15H,8,11H2,1-2H3,(H,22,25)(H,23,24). The van der Waals surface area contributed by atoms with Gasteiger partial charge in [0.1, 0.15) is 12.4 Å². The van der Waals surface area contributed by atoms with E-state index >= 15 is 0 Å². The number of fused-ring (bicyclic) bond motifs is 1. The second kappa shape index (κ2) is 7.79. The summed E-state index contributed by atoms with van der Waals surface area (Å²) in [6.07, 6.45) is 0.578. The first-order valence-corrected chi connectivity index (χ1v) is 8.93. The van der Waals surface area contributed by atoms with Crippen molar-refractivity contribution < 1.29 is 14.3 Å². The van der Waals surface area contributed by atoms with Crippen LogP contribution in [0.1, 0.15) is 29.8 Å². The molecule has 2 N–H and O–H groups in total. The predicted molar refractivity (Wildman–Crippen MR) is 102 cm³/mol. The summed E-state index contributed by atoms with van der Waals surface area (Å²) in [5.74, 6) is 0.264. The number of halogens is 1. The van der Waals surface area contributed by atoms with Gasteiger partial charge in [-0.25, -0.2) is 0 Å². The zero-order valence-electron chi connectivity index (χ0n) is 14.7. The molecule has 1 atom stereocenters. The van der Waals surface area contributed by atoms with Crippen LogP contribution in [0.15, 0.2) is 42.5 Å². The van der Waals surface area contributed by atoms with E-state index in [1.54, 1.807) is 30.3 Å². The summed E-state index contributed by atoms with van der Waals surface area (Å²) in [5.41, 5.74) is 2.05. The summed E-state index contributed by atoms with van der Waals surface area (Å²) < 4.78 is 5.71. The normalized spacial score (nSPS) is 15.8. The Morgan fingerprint density at radius 1 is 1.19 bits per heavy atom. The van der Waals surface area contributed by atoms with Crippen molar-refractivity contribution in [2.75, 3.05) is 11.9 Å². The Labute approximate surface area is 157 Å². The van der Waals surface area contributed by atoms with E-state index in [1.165, 1.54) is 0 Å². The maximum Gasteiger partial charge on any atom is 0.255 e. The van der Waals surface area contributed by atoms with Crippen molar-refractivity contribution in [1.29, 1.82) is 0 Å². The van der Waals surface area contributed by atoms with Gasteiger partial charge in [-0.1, -0.05) is 17.7 Å². The Morgan fingerprint density at radius 3 is 2.73 bits per heavy atom. The molecule has 0 bridgehead atoms. The predicted octanol–water partition coefficient (Wildman–Crippen LogP) is 3.67. The third-order valence-electron chi connectivity index (χ3n) is 4.11. The van der Waals surface area contributed by atoms with Gasteiger partial charge in [0.05, 0.1) is 5.92 Å². The van der Waals surface area contributed by atoms with Gasteiger partial charge in [-0.3, -0.25) is 9.59 Å². The van der Waals surface area contributed by atoms with E-state index in [2.05, 4.69) is 10.6 Å². The summed E-state index contributed by atoms with van der Waals surface area (Å²) in [7, 11) is 0. The molecule has 0 spiro atoms. The molecule has 136 valence electrons. The van der Waals surface area contributed by atoms with Crippen molar-refractivity contribution in [1.82, 2.24) is 5.32 Å². The summed E-state index contributed by atoms with van der Waals surface area (Å²) in [4.78, 5) is 24.6. The summed E-state index contributed by atoms with van der Waals surface area (Å²) >= 11 is 5.93. The summed E-state index contributed by atoms with van der Waals surface area (Å²) in [6.45, 7) is 4.22. The number of nitrogens with one attached hydrogen (secondary N) is 2. The molecule has 2 aromatic rings. The lowest BCUT2D eigenvalue weighted by Crippen LogP contribution is -2.40. The number of ether oxygens (including phenoxy) is 1. The first kappa shape index (κ1) is 18.3. The van der Waals surface area contributed by atoms with Crippen molar-refractivity contribution in [2.45, 2.75) is 26.3 Å². The van der Waals surface area contributed by atoms with Crippen molar-refractivity contribution >= 4 is 29.1 Å². The van der Waals surface area contributed by atoms with Crippen LogP contribution in [0, 0.1) is 5.92 Å². The molecule has 1 heterocycles. The molecule has 26 heavy (non-hydrogen) atoms. The first-order chi connectivity index (χ1) is 12.4. The summed E-state index contributed by atoms with van der Waals surface area (Å²) in [6, 6.07) is 12.3. The highest BCUT2D eigenvalue weighted by atomic mass is 35.5. The van der Waals surface area contributed by atoms with Gasteiger partial charge in [0, 0.05) is 22.3 Å². The maximum absolute atomic E-state index is 12.4. The van der Waals surface area contributed by atoms with E-state index in [4.69, 9.17) is 16.3 Å². The lowest BCUT2D eigenvalue weighted by Gasteiger charge is -2.26. The largest absolute Gasteiger partial charge is 0.492 e. The number of carbonyl (C=O) groups is 2. The average molecular weight is 373 g/mol. The fraction of sp³-hybridized carbons (Fsp3) is 0.300. The molecular weight excluding hydrogens is 352 g/mol. The third kappa shape index (κ3) is 4.35. The van der Waals surface area contributed by atoms with Crippen molar-refractivity contribution in [3.63, 3.8) is 0 Å². The monoisotopic (exact) mass is 372 g/mol. The van der Waals surface area contributed by atoms with Crippen LogP contribution >= 0.6 is 11.6 Å². The van der Waals surface area contributed by atoms with Crippen LogP contribution in [0.2, 0.25) is 5.02 Å². The van der Waals surface area contributed by atoms with Crippen LogP contribution < -0.4 is 15.4 Å². The highest BCUT2D eigenvalue weighted by molar-refractivity contribution is 6.31. The fourth-order valence-corrected chi connectivity index (χ4v) is 3.07. The van der Waals surface area contributed by atoms with Crippen LogP contribution in [0.25, 0.3) is 0 Å². The topological polar surface area (TPSA) is 67.4 Å². The van der Waals surface area contributed by atoms with E-state index in [9.17, 15) is 9.59 Å². The average Bonchev–Trinajstić information content (AvgIpc) is 2.60. The van der Waals surface area contributed by atoms with Crippen LogP contribution in [0.4, 0.5) is 5.69 Å². The van der Waals surface area contributed by atoms with Gasteiger partial charge < -0.3 is 15.4 Å². The molecule has 3 rings (SSSR count). The van der Waals surface area contributed by atoms with Crippen LogP contribution in [-0.4, -0.2) is 24.5 Å². The molecular formula is C20H21ClN2O3. The van der Waals surface area contributed by atoms with Gasteiger partial charge in [-0.2, -0.15) is 0 Å². The zero-order chi connectivity index (χ0) is 18.7. The van der Waals surface area contributed by atoms with E-state index in [0.717, 1.165) is 11.3 Å². The van der Waals surface area contributed by atoms with Gasteiger partial charge in [-0.05, 0) is 62.2 Å². The quantitative estimate of drug-likeness (QED) is 0.860. The lowest BCUT2D eigenvalue weighted by atomic mass is 9.95. The Hall–Kier alpha value is -2.53. The van der Waals surface area contributed by atoms with Crippen LogP contribution in [-0.2, 0) is 11.2 Å². The molecule has 1 aliphatic heterocycles. The number of rotatable bonds is 4. The Balaban J connectivity index is 1.72. The molecule has 2 amide bonds. The van der Waals surface area contributed by atoms with E-state index < -0.39 is 0 Å². The van der Waals surface area contributed by atoms with E-state index in [-0.39, 0.29) is 23.8 Å². The highest BCUT2D eigenvalue weighted by Crippen LogP contribution is 2.30. The maximum atomic E-state index is 12.4. The molecule has 0 radical (unpaired) electrons. The molecule has 0 saturated heterocycles. The zero-order valence-corrected chi connectivity index (χ0v) is 15.5. The number of carbonyl (C=O) groups excluding carboxylic acids is 2. The van der Waals surface area contributed by atoms with Crippen LogP contribution in [0.3, 0.4) is 0 Å². The van der Waals surface area contributed by atoms with Crippen molar-refractivity contribution in [3.05, 3.63) is 58.6 Å². The van der Waals surface area contributed by atoms with E-state index in [1.807, 2.05) is 26.0 Å². The van der Waals surface area contributed by atoms with Gasteiger partial charge in [0.2, 0.25) is 5.91 Å². The van der Waals surface area contributed by atoms with Gasteiger partial charge in [-0.15, -0.1) is 0 Å². The molecule has 0 saturated carbocycles. The number of hydrogen-bond acceptors (Lipinski definition) is 3. The molecule has 0 aromatic heterocycles. The lowest BCUT2D eigenvalue weighted by molar-refractivity contribution is -0.126. The number of anilines is 1. The fourth-order valence-electron chi connectivity index (χ4n) is 2.88. The Kier molecular flexibility index (Phi) is 5.47. The minimum absolute atomic E-state index is 0.0148. The second-order valence-electron chi connectivity index (χ2n) is 6.66. The summed E-state index contributed by atoms with van der Waals surface area (Å²) in [5, 5.41) is 6.28. The Bertz CT molecular complexity index is 836. The Morgan fingerprint density at radius 2 is 2.00 bits per heavy atom.